The highest BCUT2D eigenvalue weighted by Gasteiger charge is 2.22. The van der Waals surface area contributed by atoms with Gasteiger partial charge in [0, 0.05) is 36.2 Å². The highest BCUT2D eigenvalue weighted by Crippen LogP contribution is 2.18. The van der Waals surface area contributed by atoms with Crippen LogP contribution in [-0.2, 0) is 11.3 Å². The summed E-state index contributed by atoms with van der Waals surface area (Å²) in [4.78, 5) is 15.6. The molecule has 1 saturated carbocycles. The molecule has 17 heavy (non-hydrogen) atoms. The Morgan fingerprint density at radius 3 is 2.94 bits per heavy atom. The van der Waals surface area contributed by atoms with Gasteiger partial charge in [0.05, 0.1) is 5.69 Å². The summed E-state index contributed by atoms with van der Waals surface area (Å²) in [7, 11) is 0. The summed E-state index contributed by atoms with van der Waals surface area (Å²) >= 11 is 3.34. The van der Waals surface area contributed by atoms with Crippen molar-refractivity contribution in [1.29, 1.82) is 0 Å². The summed E-state index contributed by atoms with van der Waals surface area (Å²) in [5, 5.41) is 6.17. The van der Waals surface area contributed by atoms with E-state index in [0.29, 0.717) is 25.6 Å². The topological polar surface area (TPSA) is 54.0 Å². The predicted molar refractivity (Wildman–Crippen MR) is 69.4 cm³/mol. The van der Waals surface area contributed by atoms with Gasteiger partial charge in [-0.05, 0) is 40.9 Å². The Labute approximate surface area is 109 Å². The molecule has 0 saturated heterocycles. The summed E-state index contributed by atoms with van der Waals surface area (Å²) in [5.41, 5.74) is 0.982. The van der Waals surface area contributed by atoms with Crippen LogP contribution >= 0.6 is 15.9 Å². The zero-order chi connectivity index (χ0) is 12.1. The van der Waals surface area contributed by atoms with Crippen molar-refractivity contribution in [3.63, 3.8) is 0 Å². The Morgan fingerprint density at radius 1 is 1.47 bits per heavy atom. The zero-order valence-corrected chi connectivity index (χ0v) is 11.2. The number of amides is 1. The Bertz CT molecular complexity index is 376. The average Bonchev–Trinajstić information content (AvgIpc) is 3.11. The Kier molecular flexibility index (Phi) is 4.50. The maximum absolute atomic E-state index is 11.4. The molecule has 4 nitrogen and oxygen atoms in total. The first-order valence-electron chi connectivity index (χ1n) is 5.84. The van der Waals surface area contributed by atoms with Crippen LogP contribution in [-0.4, -0.2) is 23.5 Å². The number of nitrogens with zero attached hydrogens (tertiary/aromatic N) is 1. The molecule has 2 rings (SSSR count). The molecule has 5 heteroatoms. The van der Waals surface area contributed by atoms with Crippen molar-refractivity contribution in [2.45, 2.75) is 31.8 Å². The summed E-state index contributed by atoms with van der Waals surface area (Å²) in [6, 6.07) is 4.38. The molecule has 1 fully saturated rings. The molecule has 1 aliphatic carbocycles. The molecule has 2 N–H and O–H groups in total. The molecule has 0 unspecified atom stereocenters. The predicted octanol–water partition coefficient (Wildman–Crippen LogP) is 1.60. The Hall–Kier alpha value is -0.940. The highest BCUT2D eigenvalue weighted by atomic mass is 79.9. The lowest BCUT2D eigenvalue weighted by atomic mass is 10.3. The number of pyridine rings is 1. The van der Waals surface area contributed by atoms with Gasteiger partial charge in [0.1, 0.15) is 0 Å². The van der Waals surface area contributed by atoms with Crippen molar-refractivity contribution >= 4 is 21.8 Å². The van der Waals surface area contributed by atoms with Crippen LogP contribution in [0.2, 0.25) is 0 Å². The number of halogens is 1. The van der Waals surface area contributed by atoms with E-state index in [1.165, 1.54) is 0 Å². The van der Waals surface area contributed by atoms with E-state index in [4.69, 9.17) is 0 Å². The lowest BCUT2D eigenvalue weighted by Gasteiger charge is -2.05. The van der Waals surface area contributed by atoms with Gasteiger partial charge in [-0.3, -0.25) is 9.78 Å². The highest BCUT2D eigenvalue weighted by molar-refractivity contribution is 9.10. The van der Waals surface area contributed by atoms with Gasteiger partial charge in [-0.1, -0.05) is 0 Å². The summed E-state index contributed by atoms with van der Waals surface area (Å²) in [6.45, 7) is 1.39. The first-order valence-corrected chi connectivity index (χ1v) is 6.64. The largest absolute Gasteiger partial charge is 0.353 e. The van der Waals surface area contributed by atoms with Crippen molar-refractivity contribution in [3.8, 4) is 0 Å². The number of hydrogen-bond acceptors (Lipinski definition) is 3. The van der Waals surface area contributed by atoms with E-state index in [9.17, 15) is 4.79 Å². The van der Waals surface area contributed by atoms with Gasteiger partial charge >= 0.3 is 0 Å². The molecule has 0 aromatic carbocycles. The molecular weight excluding hydrogens is 282 g/mol. The minimum absolute atomic E-state index is 0.142. The monoisotopic (exact) mass is 297 g/mol. The maximum Gasteiger partial charge on any atom is 0.221 e. The number of aromatic nitrogens is 1. The third-order valence-corrected chi connectivity index (χ3v) is 3.04. The van der Waals surface area contributed by atoms with Crippen molar-refractivity contribution in [1.82, 2.24) is 15.6 Å². The molecule has 1 aromatic rings. The average molecular weight is 298 g/mol. The van der Waals surface area contributed by atoms with E-state index < -0.39 is 0 Å². The second-order valence-electron chi connectivity index (χ2n) is 4.24. The zero-order valence-electron chi connectivity index (χ0n) is 9.58. The third kappa shape index (κ3) is 4.83. The molecule has 1 aliphatic rings. The molecule has 1 aromatic heterocycles. The summed E-state index contributed by atoms with van der Waals surface area (Å²) < 4.78 is 0.977. The van der Waals surface area contributed by atoms with Gasteiger partial charge in [-0.15, -0.1) is 0 Å². The Morgan fingerprint density at radius 2 is 2.29 bits per heavy atom. The van der Waals surface area contributed by atoms with Crippen LogP contribution in [0.25, 0.3) is 0 Å². The van der Waals surface area contributed by atoms with E-state index >= 15 is 0 Å². The lowest BCUT2D eigenvalue weighted by Crippen LogP contribution is -2.29. The lowest BCUT2D eigenvalue weighted by molar-refractivity contribution is -0.121. The van der Waals surface area contributed by atoms with Gasteiger partial charge in [0.25, 0.3) is 0 Å². The van der Waals surface area contributed by atoms with E-state index in [-0.39, 0.29) is 5.91 Å². The fraction of sp³-hybridized carbons (Fsp3) is 0.500. The first kappa shape index (κ1) is 12.5. The Balaban J connectivity index is 1.59. The fourth-order valence-electron chi connectivity index (χ4n) is 1.46. The minimum Gasteiger partial charge on any atom is -0.353 e. The van der Waals surface area contributed by atoms with Crippen LogP contribution in [0.4, 0.5) is 0 Å². The number of hydrogen-bond donors (Lipinski definition) is 2. The molecule has 92 valence electrons. The number of rotatable bonds is 6. The van der Waals surface area contributed by atoms with E-state index in [1.54, 1.807) is 6.20 Å². The van der Waals surface area contributed by atoms with E-state index in [1.807, 2.05) is 12.1 Å². The van der Waals surface area contributed by atoms with Crippen LogP contribution in [0, 0.1) is 0 Å². The van der Waals surface area contributed by atoms with Crippen molar-refractivity contribution in [3.05, 3.63) is 28.5 Å². The SMILES string of the molecule is O=C(CCNCc1ccc(Br)cn1)NC1CC1. The number of carbonyl (C=O) groups excluding carboxylic acids is 1. The normalized spacial score (nSPS) is 14.6. The quantitative estimate of drug-likeness (QED) is 0.784. The van der Waals surface area contributed by atoms with Crippen LogP contribution < -0.4 is 10.6 Å². The van der Waals surface area contributed by atoms with Gasteiger partial charge in [0.15, 0.2) is 0 Å². The second-order valence-corrected chi connectivity index (χ2v) is 5.15. The van der Waals surface area contributed by atoms with E-state index in [2.05, 4.69) is 31.5 Å². The standard InChI is InChI=1S/C12H16BrN3O/c13-9-1-2-11(15-7-9)8-14-6-5-12(17)16-10-3-4-10/h1-2,7,10,14H,3-6,8H2,(H,16,17). The second kappa shape index (κ2) is 6.12. The van der Waals surface area contributed by atoms with Crippen LogP contribution in [0.1, 0.15) is 25.0 Å². The fourth-order valence-corrected chi connectivity index (χ4v) is 1.69. The van der Waals surface area contributed by atoms with Gasteiger partial charge in [-0.25, -0.2) is 0 Å². The minimum atomic E-state index is 0.142. The molecular formula is C12H16BrN3O. The van der Waals surface area contributed by atoms with Crippen LogP contribution in [0.5, 0.6) is 0 Å². The van der Waals surface area contributed by atoms with Crippen molar-refractivity contribution in [2.24, 2.45) is 0 Å². The summed E-state index contributed by atoms with van der Waals surface area (Å²) in [5.74, 6) is 0.142. The van der Waals surface area contributed by atoms with E-state index in [0.717, 1.165) is 23.0 Å². The molecule has 0 spiro atoms. The first-order chi connectivity index (χ1) is 8.24. The summed E-state index contributed by atoms with van der Waals surface area (Å²) in [6.07, 6.45) is 4.59. The van der Waals surface area contributed by atoms with Gasteiger partial charge < -0.3 is 10.6 Å². The molecule has 0 atom stereocenters. The van der Waals surface area contributed by atoms with Crippen molar-refractivity contribution < 1.29 is 4.79 Å². The molecule has 1 amide bonds. The molecule has 0 bridgehead atoms. The van der Waals surface area contributed by atoms with Crippen LogP contribution in [0.15, 0.2) is 22.8 Å². The van der Waals surface area contributed by atoms with Gasteiger partial charge in [-0.2, -0.15) is 0 Å². The van der Waals surface area contributed by atoms with Crippen molar-refractivity contribution in [2.75, 3.05) is 6.54 Å². The molecule has 0 radical (unpaired) electrons. The molecule has 1 heterocycles. The number of carbonyl (C=O) groups is 1. The number of nitrogens with one attached hydrogen (secondary N) is 2. The van der Waals surface area contributed by atoms with Crippen LogP contribution in [0.3, 0.4) is 0 Å². The third-order valence-electron chi connectivity index (χ3n) is 2.57. The van der Waals surface area contributed by atoms with Gasteiger partial charge in [0.2, 0.25) is 5.91 Å². The smallest absolute Gasteiger partial charge is 0.221 e. The maximum atomic E-state index is 11.4. The molecule has 0 aliphatic heterocycles.